The largest absolute Gasteiger partial charge is 0.480 e. The molecule has 1 saturated heterocycles. The van der Waals surface area contributed by atoms with Crippen LogP contribution in [0.4, 0.5) is 4.79 Å². The fourth-order valence-corrected chi connectivity index (χ4v) is 2.75. The van der Waals surface area contributed by atoms with Gasteiger partial charge in [-0.25, -0.2) is 9.59 Å². The molecule has 0 atom stereocenters. The summed E-state index contributed by atoms with van der Waals surface area (Å²) in [5.41, 5.74) is 0. The molecular formula is C15H26N2O4. The Kier molecular flexibility index (Phi) is 5.85. The number of urea groups is 1. The molecule has 21 heavy (non-hydrogen) atoms. The molecule has 6 heteroatoms. The summed E-state index contributed by atoms with van der Waals surface area (Å²) in [4.78, 5) is 26.9. The van der Waals surface area contributed by atoms with Crippen molar-refractivity contribution < 1.29 is 19.4 Å². The standard InChI is InChI=1S/C15H26N2O4/c1-2-7-17(10-12-3-4-12)15(20)16-8-5-13(6-9-16)21-11-14(18)19/h12-13H,2-11H2,1H3,(H,18,19). The van der Waals surface area contributed by atoms with Crippen LogP contribution in [0.5, 0.6) is 0 Å². The number of hydrogen-bond donors (Lipinski definition) is 1. The maximum Gasteiger partial charge on any atom is 0.329 e. The summed E-state index contributed by atoms with van der Waals surface area (Å²) in [6.45, 7) is 4.89. The van der Waals surface area contributed by atoms with Gasteiger partial charge in [0.25, 0.3) is 0 Å². The van der Waals surface area contributed by atoms with E-state index >= 15 is 0 Å². The Bertz CT molecular complexity index is 363. The second-order valence-corrected chi connectivity index (χ2v) is 6.06. The number of carboxylic acids is 1. The van der Waals surface area contributed by atoms with Gasteiger partial charge in [-0.15, -0.1) is 0 Å². The van der Waals surface area contributed by atoms with Crippen LogP contribution in [-0.2, 0) is 9.53 Å². The minimum Gasteiger partial charge on any atom is -0.480 e. The topological polar surface area (TPSA) is 70.1 Å². The summed E-state index contributed by atoms with van der Waals surface area (Å²) < 4.78 is 5.30. The number of piperidine rings is 1. The highest BCUT2D eigenvalue weighted by molar-refractivity contribution is 5.74. The average Bonchev–Trinajstić information content (AvgIpc) is 3.28. The molecular weight excluding hydrogens is 272 g/mol. The zero-order chi connectivity index (χ0) is 15.2. The Hall–Kier alpha value is -1.30. The van der Waals surface area contributed by atoms with Crippen molar-refractivity contribution in [3.63, 3.8) is 0 Å². The molecule has 2 amide bonds. The van der Waals surface area contributed by atoms with Crippen LogP contribution in [0.25, 0.3) is 0 Å². The number of carboxylic acid groups (broad SMARTS) is 1. The van der Waals surface area contributed by atoms with Crippen molar-refractivity contribution in [2.24, 2.45) is 5.92 Å². The number of hydrogen-bond acceptors (Lipinski definition) is 3. The molecule has 0 spiro atoms. The number of carbonyl (C=O) groups is 2. The number of rotatable bonds is 7. The van der Waals surface area contributed by atoms with E-state index in [0.29, 0.717) is 19.0 Å². The van der Waals surface area contributed by atoms with E-state index in [0.717, 1.165) is 32.4 Å². The first kappa shape index (κ1) is 16.1. The zero-order valence-corrected chi connectivity index (χ0v) is 12.8. The molecule has 2 fully saturated rings. The molecule has 0 aromatic rings. The van der Waals surface area contributed by atoms with E-state index in [1.54, 1.807) is 0 Å². The molecule has 2 aliphatic rings. The number of ether oxygens (including phenoxy) is 1. The van der Waals surface area contributed by atoms with Gasteiger partial charge in [-0.2, -0.15) is 0 Å². The second-order valence-electron chi connectivity index (χ2n) is 6.06. The fraction of sp³-hybridized carbons (Fsp3) is 0.867. The van der Waals surface area contributed by atoms with Crippen molar-refractivity contribution in [3.05, 3.63) is 0 Å². The van der Waals surface area contributed by atoms with Gasteiger partial charge in [0, 0.05) is 26.2 Å². The van der Waals surface area contributed by atoms with E-state index in [4.69, 9.17) is 9.84 Å². The van der Waals surface area contributed by atoms with Gasteiger partial charge in [0.1, 0.15) is 6.61 Å². The Morgan fingerprint density at radius 3 is 2.43 bits per heavy atom. The zero-order valence-electron chi connectivity index (χ0n) is 12.8. The quantitative estimate of drug-likeness (QED) is 0.778. The SMILES string of the molecule is CCCN(CC1CC1)C(=O)N1CCC(OCC(=O)O)CC1. The average molecular weight is 298 g/mol. The molecule has 0 aromatic carbocycles. The maximum atomic E-state index is 12.5. The van der Waals surface area contributed by atoms with Gasteiger partial charge in [0.05, 0.1) is 6.10 Å². The summed E-state index contributed by atoms with van der Waals surface area (Å²) in [7, 11) is 0. The van der Waals surface area contributed by atoms with Gasteiger partial charge >= 0.3 is 12.0 Å². The van der Waals surface area contributed by atoms with E-state index in [2.05, 4.69) is 6.92 Å². The number of aliphatic carboxylic acids is 1. The number of amides is 2. The molecule has 1 aliphatic carbocycles. The first-order chi connectivity index (χ1) is 10.1. The molecule has 0 unspecified atom stereocenters. The second kappa shape index (κ2) is 7.64. The lowest BCUT2D eigenvalue weighted by Crippen LogP contribution is -2.48. The normalized spacial score (nSPS) is 19.6. The van der Waals surface area contributed by atoms with Crippen LogP contribution < -0.4 is 0 Å². The summed E-state index contributed by atoms with van der Waals surface area (Å²) in [6.07, 6.45) is 4.90. The highest BCUT2D eigenvalue weighted by Gasteiger charge is 2.30. The summed E-state index contributed by atoms with van der Waals surface area (Å²) >= 11 is 0. The molecule has 1 N–H and O–H groups in total. The van der Waals surface area contributed by atoms with Gasteiger partial charge in [0.2, 0.25) is 0 Å². The predicted octanol–water partition coefficient (Wildman–Crippen LogP) is 1.79. The first-order valence-corrected chi connectivity index (χ1v) is 7.97. The first-order valence-electron chi connectivity index (χ1n) is 7.97. The highest BCUT2D eigenvalue weighted by atomic mass is 16.5. The summed E-state index contributed by atoms with van der Waals surface area (Å²) in [5.74, 6) is -0.232. The molecule has 2 rings (SSSR count). The van der Waals surface area contributed by atoms with Crippen LogP contribution in [0, 0.1) is 5.92 Å². The van der Waals surface area contributed by atoms with Gasteiger partial charge in [-0.3, -0.25) is 0 Å². The minimum absolute atomic E-state index is 0.0341. The monoisotopic (exact) mass is 298 g/mol. The Morgan fingerprint density at radius 1 is 1.24 bits per heavy atom. The van der Waals surface area contributed by atoms with Gasteiger partial charge in [-0.1, -0.05) is 6.92 Å². The molecule has 0 radical (unpaired) electrons. The summed E-state index contributed by atoms with van der Waals surface area (Å²) in [6, 6.07) is 0.139. The third kappa shape index (κ3) is 5.19. The van der Waals surface area contributed by atoms with Crippen molar-refractivity contribution in [2.75, 3.05) is 32.8 Å². The number of nitrogens with zero attached hydrogens (tertiary/aromatic N) is 2. The van der Waals surface area contributed by atoms with Crippen molar-refractivity contribution in [3.8, 4) is 0 Å². The van der Waals surface area contributed by atoms with E-state index in [1.165, 1.54) is 12.8 Å². The molecule has 1 heterocycles. The molecule has 1 saturated carbocycles. The maximum absolute atomic E-state index is 12.5. The van der Waals surface area contributed by atoms with Crippen LogP contribution in [-0.4, -0.2) is 65.8 Å². The van der Waals surface area contributed by atoms with E-state index in [1.807, 2.05) is 9.80 Å². The van der Waals surface area contributed by atoms with Crippen molar-refractivity contribution >= 4 is 12.0 Å². The van der Waals surface area contributed by atoms with E-state index in [9.17, 15) is 9.59 Å². The molecule has 120 valence electrons. The fourth-order valence-electron chi connectivity index (χ4n) is 2.75. The Balaban J connectivity index is 1.76. The molecule has 0 aromatic heterocycles. The van der Waals surface area contributed by atoms with E-state index in [-0.39, 0.29) is 18.7 Å². The van der Waals surface area contributed by atoms with Crippen LogP contribution in [0.1, 0.15) is 39.0 Å². The molecule has 1 aliphatic heterocycles. The van der Waals surface area contributed by atoms with Crippen molar-refractivity contribution in [1.82, 2.24) is 9.80 Å². The van der Waals surface area contributed by atoms with Crippen molar-refractivity contribution in [1.29, 1.82) is 0 Å². The Morgan fingerprint density at radius 2 is 1.90 bits per heavy atom. The number of carbonyl (C=O) groups excluding carboxylic acids is 1. The smallest absolute Gasteiger partial charge is 0.329 e. The van der Waals surface area contributed by atoms with Crippen molar-refractivity contribution in [2.45, 2.75) is 45.1 Å². The van der Waals surface area contributed by atoms with Crippen LogP contribution >= 0.6 is 0 Å². The van der Waals surface area contributed by atoms with Crippen LogP contribution in [0.15, 0.2) is 0 Å². The third-order valence-electron chi connectivity index (χ3n) is 4.09. The molecule has 0 bridgehead atoms. The third-order valence-corrected chi connectivity index (χ3v) is 4.09. The van der Waals surface area contributed by atoms with Gasteiger partial charge < -0.3 is 19.6 Å². The number of likely N-dealkylation sites (tertiary alicyclic amines) is 1. The van der Waals surface area contributed by atoms with Crippen LogP contribution in [0.2, 0.25) is 0 Å². The lowest BCUT2D eigenvalue weighted by Gasteiger charge is -2.35. The van der Waals surface area contributed by atoms with E-state index < -0.39 is 5.97 Å². The lowest BCUT2D eigenvalue weighted by atomic mass is 10.1. The lowest BCUT2D eigenvalue weighted by molar-refractivity contribution is -0.145. The van der Waals surface area contributed by atoms with Gasteiger partial charge in [-0.05, 0) is 38.0 Å². The highest BCUT2D eigenvalue weighted by Crippen LogP contribution is 2.30. The molecule has 6 nitrogen and oxygen atoms in total. The minimum atomic E-state index is -0.938. The summed E-state index contributed by atoms with van der Waals surface area (Å²) in [5, 5.41) is 8.61. The Labute approximate surface area is 126 Å². The van der Waals surface area contributed by atoms with Crippen LogP contribution in [0.3, 0.4) is 0 Å². The van der Waals surface area contributed by atoms with Gasteiger partial charge in [0.15, 0.2) is 0 Å². The predicted molar refractivity (Wildman–Crippen MR) is 78.2 cm³/mol.